The zero-order chi connectivity index (χ0) is 31.5. The van der Waals surface area contributed by atoms with Gasteiger partial charge in [-0.1, -0.05) is 81.4 Å². The second-order valence-corrected chi connectivity index (χ2v) is 17.8. The summed E-state index contributed by atoms with van der Waals surface area (Å²) in [6.07, 6.45) is -4.01. The van der Waals surface area contributed by atoms with Crippen LogP contribution in [0.3, 0.4) is 0 Å². The highest BCUT2D eigenvalue weighted by Crippen LogP contribution is 2.43. The third-order valence-electron chi connectivity index (χ3n) is 8.93. The number of halogens is 4. The van der Waals surface area contributed by atoms with Crippen molar-refractivity contribution in [3.8, 4) is 0 Å². The summed E-state index contributed by atoms with van der Waals surface area (Å²) in [7, 11) is -2.22. The Balaban J connectivity index is 1.66. The Kier molecular flexibility index (Phi) is 10.2. The fourth-order valence-electron chi connectivity index (χ4n) is 5.37. The molecule has 0 aliphatic carbocycles. The van der Waals surface area contributed by atoms with E-state index in [2.05, 4.69) is 38.8 Å². The summed E-state index contributed by atoms with van der Waals surface area (Å²) in [5.41, 5.74) is 1.55. The number of benzene rings is 3. The van der Waals surface area contributed by atoms with Gasteiger partial charge in [-0.25, -0.2) is 4.39 Å². The molecule has 3 aromatic rings. The molecule has 234 valence electrons. The number of hydrogen-bond acceptors (Lipinski definition) is 4. The molecule has 0 saturated carbocycles. The smallest absolute Gasteiger partial charge is 0.416 e. The highest BCUT2D eigenvalue weighted by molar-refractivity contribution is 6.74. The van der Waals surface area contributed by atoms with Crippen molar-refractivity contribution in [3.63, 3.8) is 0 Å². The van der Waals surface area contributed by atoms with Crippen LogP contribution >= 0.6 is 0 Å². The van der Waals surface area contributed by atoms with Gasteiger partial charge in [0.25, 0.3) is 0 Å². The maximum Gasteiger partial charge on any atom is 0.416 e. The van der Waals surface area contributed by atoms with Crippen LogP contribution in [-0.4, -0.2) is 43.9 Å². The van der Waals surface area contributed by atoms with E-state index in [1.54, 1.807) is 18.2 Å². The van der Waals surface area contributed by atoms with Crippen LogP contribution in [0.25, 0.3) is 0 Å². The van der Waals surface area contributed by atoms with E-state index in [-0.39, 0.29) is 30.5 Å². The normalized spacial score (nSPS) is 21.1. The molecule has 1 N–H and O–H groups in total. The quantitative estimate of drug-likeness (QED) is 0.183. The van der Waals surface area contributed by atoms with Crippen LogP contribution in [0.15, 0.2) is 78.9 Å². The van der Waals surface area contributed by atoms with Crippen LogP contribution < -0.4 is 0 Å². The van der Waals surface area contributed by atoms with Crippen LogP contribution in [0.1, 0.15) is 67.8 Å². The van der Waals surface area contributed by atoms with Gasteiger partial charge < -0.3 is 14.3 Å². The summed E-state index contributed by atoms with van der Waals surface area (Å²) in [5.74, 6) is -2.46. The molecule has 9 heteroatoms. The van der Waals surface area contributed by atoms with Crippen molar-refractivity contribution in [2.45, 2.75) is 82.2 Å². The van der Waals surface area contributed by atoms with Gasteiger partial charge in [0.1, 0.15) is 5.82 Å². The van der Waals surface area contributed by atoms with Gasteiger partial charge in [0.2, 0.25) is 0 Å². The highest BCUT2D eigenvalue weighted by atomic mass is 28.4. The van der Waals surface area contributed by atoms with Gasteiger partial charge in [-0.05, 0) is 59.4 Å². The molecule has 0 spiro atoms. The molecular weight excluding hydrogens is 574 g/mol. The highest BCUT2D eigenvalue weighted by Gasteiger charge is 2.46. The van der Waals surface area contributed by atoms with Crippen molar-refractivity contribution in [1.82, 2.24) is 4.90 Å². The lowest BCUT2D eigenvalue weighted by molar-refractivity contribution is -0.277. The van der Waals surface area contributed by atoms with Crippen LogP contribution in [0.4, 0.5) is 17.6 Å². The zero-order valence-electron chi connectivity index (χ0n) is 25.6. The average Bonchev–Trinajstić information content (AvgIpc) is 2.93. The van der Waals surface area contributed by atoms with Crippen molar-refractivity contribution >= 4 is 8.32 Å². The van der Waals surface area contributed by atoms with E-state index in [1.165, 1.54) is 24.3 Å². The van der Waals surface area contributed by atoms with Crippen molar-refractivity contribution < 1.29 is 31.8 Å². The molecular formula is C34H43F4NO3Si. The van der Waals surface area contributed by atoms with E-state index in [0.29, 0.717) is 30.6 Å². The second-order valence-electron chi connectivity index (χ2n) is 13.0. The van der Waals surface area contributed by atoms with Crippen molar-refractivity contribution in [2.24, 2.45) is 0 Å². The van der Waals surface area contributed by atoms with Crippen molar-refractivity contribution in [3.05, 3.63) is 107 Å². The van der Waals surface area contributed by atoms with Gasteiger partial charge in [-0.3, -0.25) is 4.90 Å². The Morgan fingerprint density at radius 1 is 1.00 bits per heavy atom. The third-order valence-corrected chi connectivity index (χ3v) is 13.4. The number of alkyl halides is 3. The molecule has 3 aromatic carbocycles. The molecule has 0 bridgehead atoms. The molecule has 3 atom stereocenters. The average molecular weight is 618 g/mol. The Hall–Kier alpha value is -2.56. The first-order valence-electron chi connectivity index (χ1n) is 14.8. The van der Waals surface area contributed by atoms with Crippen LogP contribution in [0.5, 0.6) is 0 Å². The van der Waals surface area contributed by atoms with E-state index in [0.717, 1.165) is 11.6 Å². The minimum Gasteiger partial charge on any atom is -0.416 e. The zero-order valence-corrected chi connectivity index (χ0v) is 26.6. The maximum atomic E-state index is 13.9. The first kappa shape index (κ1) is 33.3. The molecule has 0 aromatic heterocycles. The lowest BCUT2D eigenvalue weighted by Gasteiger charge is -2.47. The Morgan fingerprint density at radius 3 is 2.30 bits per heavy atom. The number of ether oxygens (including phenoxy) is 1. The Bertz CT molecular complexity index is 1330. The monoisotopic (exact) mass is 617 g/mol. The predicted octanol–water partition coefficient (Wildman–Crippen LogP) is 8.69. The molecule has 43 heavy (non-hydrogen) atoms. The molecule has 0 amide bonds. The number of aliphatic hydroxyl groups is 1. The lowest BCUT2D eigenvalue weighted by atomic mass is 9.86. The van der Waals surface area contributed by atoms with Crippen LogP contribution in [0, 0.1) is 5.82 Å². The summed E-state index contributed by atoms with van der Waals surface area (Å²) >= 11 is 0. The standard InChI is InChI=1S/C34H43F4NO3Si/c1-32(2,3)43(4,5)42-24-28(27-12-9-13-29(22-27)34(36,37)38)18-19-33(40)31(26-14-16-30(35)17-15-26)39(20-21-41-33)23-25-10-7-6-8-11-25/h6-17,22,28,31,40H,18-21,23-24H2,1-5H3. The van der Waals surface area contributed by atoms with Gasteiger partial charge >= 0.3 is 6.18 Å². The topological polar surface area (TPSA) is 41.9 Å². The largest absolute Gasteiger partial charge is 0.416 e. The molecule has 4 nitrogen and oxygen atoms in total. The number of hydrogen-bond donors (Lipinski definition) is 1. The van der Waals surface area contributed by atoms with E-state index in [1.807, 2.05) is 30.3 Å². The van der Waals surface area contributed by atoms with E-state index in [4.69, 9.17) is 9.16 Å². The first-order valence-corrected chi connectivity index (χ1v) is 17.7. The number of rotatable bonds is 10. The van der Waals surface area contributed by atoms with Crippen molar-refractivity contribution in [2.75, 3.05) is 19.8 Å². The summed E-state index contributed by atoms with van der Waals surface area (Å²) in [5, 5.41) is 12.1. The minimum atomic E-state index is -4.48. The van der Waals surface area contributed by atoms with Gasteiger partial charge in [0.05, 0.1) is 18.2 Å². The second kappa shape index (κ2) is 13.2. The summed E-state index contributed by atoms with van der Waals surface area (Å²) in [6, 6.07) is 20.7. The lowest BCUT2D eigenvalue weighted by Crippen LogP contribution is -2.54. The number of morpholine rings is 1. The SMILES string of the molecule is CC(C)(C)[Si](C)(C)OCC(CCC1(O)OCCN(Cc2ccccc2)C1c1ccc(F)cc1)c1cccc(C(F)(F)F)c1. The molecule has 3 unspecified atom stereocenters. The van der Waals surface area contributed by atoms with E-state index < -0.39 is 37.8 Å². The van der Waals surface area contributed by atoms with Gasteiger partial charge in [-0.2, -0.15) is 13.2 Å². The number of nitrogens with zero attached hydrogens (tertiary/aromatic N) is 1. The summed E-state index contributed by atoms with van der Waals surface area (Å²) in [6.45, 7) is 12.2. The van der Waals surface area contributed by atoms with Gasteiger partial charge in [-0.15, -0.1) is 0 Å². The fraction of sp³-hybridized carbons (Fsp3) is 0.471. The fourth-order valence-corrected chi connectivity index (χ4v) is 6.42. The Labute approximate surface area is 253 Å². The predicted molar refractivity (Wildman–Crippen MR) is 163 cm³/mol. The van der Waals surface area contributed by atoms with Gasteiger partial charge in [0, 0.05) is 32.0 Å². The van der Waals surface area contributed by atoms with Crippen LogP contribution in [0.2, 0.25) is 18.1 Å². The van der Waals surface area contributed by atoms with E-state index in [9.17, 15) is 22.7 Å². The third kappa shape index (κ3) is 8.33. The summed E-state index contributed by atoms with van der Waals surface area (Å²) < 4.78 is 67.6. The molecule has 0 radical (unpaired) electrons. The van der Waals surface area contributed by atoms with Gasteiger partial charge in [0.15, 0.2) is 14.1 Å². The molecule has 1 aliphatic heterocycles. The van der Waals surface area contributed by atoms with Crippen LogP contribution in [-0.2, 0) is 21.9 Å². The van der Waals surface area contributed by atoms with E-state index >= 15 is 0 Å². The molecule has 1 aliphatic rings. The molecule has 1 saturated heterocycles. The van der Waals surface area contributed by atoms with Crippen molar-refractivity contribution in [1.29, 1.82) is 0 Å². The Morgan fingerprint density at radius 2 is 1.67 bits per heavy atom. The maximum absolute atomic E-state index is 13.9. The molecule has 1 fully saturated rings. The first-order chi connectivity index (χ1) is 20.1. The molecule has 1 heterocycles. The minimum absolute atomic E-state index is 0.0817. The molecule has 4 rings (SSSR count). The summed E-state index contributed by atoms with van der Waals surface area (Å²) in [4.78, 5) is 2.12.